The number of nitrogens with zero attached hydrogens (tertiary/aromatic N) is 7. The van der Waals surface area contributed by atoms with E-state index in [4.69, 9.17) is 4.74 Å². The molecule has 4 rings (SSSR count). The Balaban J connectivity index is 1.45. The number of fused-ring (bicyclic) bond motifs is 1. The summed E-state index contributed by atoms with van der Waals surface area (Å²) in [5, 5.41) is 16.2. The van der Waals surface area contributed by atoms with Crippen LogP contribution in [0.3, 0.4) is 0 Å². The van der Waals surface area contributed by atoms with Crippen molar-refractivity contribution in [3.63, 3.8) is 0 Å². The van der Waals surface area contributed by atoms with E-state index in [-0.39, 0.29) is 24.6 Å². The standard InChI is InChI=1S/C18H18N8O3/c1-24-18(29-2)13-4-3-12(9-14(13)22-24)17(28)20-7-8-25-16(27)6-5-15(23-25)26-11-19-10-21-26/h3-6,9-11H,7-8H2,1-2H3,(H,20,28). The third kappa shape index (κ3) is 3.57. The molecule has 4 aromatic rings. The van der Waals surface area contributed by atoms with Gasteiger partial charge >= 0.3 is 0 Å². The minimum atomic E-state index is -0.273. The van der Waals surface area contributed by atoms with E-state index in [9.17, 15) is 9.59 Å². The SMILES string of the molecule is COc1c2ccc(C(=O)NCCn3nc(-n4cncn4)ccc3=O)cc2nn1C. The first kappa shape index (κ1) is 18.3. The minimum absolute atomic E-state index is 0.215. The molecule has 11 nitrogen and oxygen atoms in total. The molecule has 0 aliphatic heterocycles. The molecule has 0 saturated heterocycles. The van der Waals surface area contributed by atoms with Gasteiger partial charge in [0.2, 0.25) is 5.88 Å². The Kier molecular flexibility index (Phi) is 4.77. The molecule has 0 atom stereocenters. The van der Waals surface area contributed by atoms with Crippen LogP contribution in [0.5, 0.6) is 5.88 Å². The van der Waals surface area contributed by atoms with Gasteiger partial charge in [0.1, 0.15) is 12.7 Å². The summed E-state index contributed by atoms with van der Waals surface area (Å²) < 4.78 is 9.65. The predicted molar refractivity (Wildman–Crippen MR) is 103 cm³/mol. The lowest BCUT2D eigenvalue weighted by Crippen LogP contribution is -2.32. The summed E-state index contributed by atoms with van der Waals surface area (Å²) in [6.07, 6.45) is 2.87. The quantitative estimate of drug-likeness (QED) is 0.494. The van der Waals surface area contributed by atoms with E-state index in [1.807, 2.05) is 0 Å². The van der Waals surface area contributed by atoms with Gasteiger partial charge in [0, 0.05) is 25.2 Å². The largest absolute Gasteiger partial charge is 0.481 e. The summed E-state index contributed by atoms with van der Waals surface area (Å²) >= 11 is 0. The molecule has 0 aliphatic rings. The molecule has 3 heterocycles. The van der Waals surface area contributed by atoms with Crippen LogP contribution in [-0.4, -0.2) is 53.9 Å². The summed E-state index contributed by atoms with van der Waals surface area (Å²) in [7, 11) is 3.35. The van der Waals surface area contributed by atoms with Gasteiger partial charge in [0.15, 0.2) is 5.82 Å². The van der Waals surface area contributed by atoms with Crippen LogP contribution in [0.1, 0.15) is 10.4 Å². The molecule has 0 unspecified atom stereocenters. The fourth-order valence-corrected chi connectivity index (χ4v) is 2.98. The minimum Gasteiger partial charge on any atom is -0.481 e. The van der Waals surface area contributed by atoms with Crippen molar-refractivity contribution >= 4 is 16.8 Å². The Hall–Kier alpha value is -4.02. The first-order valence-corrected chi connectivity index (χ1v) is 8.79. The number of aromatic nitrogens is 7. The Labute approximate surface area is 164 Å². The maximum atomic E-state index is 12.5. The molecule has 3 aromatic heterocycles. The Bertz CT molecular complexity index is 1230. The molecule has 29 heavy (non-hydrogen) atoms. The van der Waals surface area contributed by atoms with Gasteiger partial charge in [-0.2, -0.15) is 10.2 Å². The van der Waals surface area contributed by atoms with Crippen LogP contribution in [0.2, 0.25) is 0 Å². The van der Waals surface area contributed by atoms with E-state index in [2.05, 4.69) is 25.6 Å². The molecule has 0 fully saturated rings. The third-order valence-electron chi connectivity index (χ3n) is 4.35. The maximum Gasteiger partial charge on any atom is 0.266 e. The molecule has 1 aromatic carbocycles. The number of carbonyl (C=O) groups excluding carboxylic acids is 1. The lowest BCUT2D eigenvalue weighted by molar-refractivity contribution is 0.0952. The zero-order valence-electron chi connectivity index (χ0n) is 15.8. The van der Waals surface area contributed by atoms with Crippen molar-refractivity contribution in [1.29, 1.82) is 0 Å². The van der Waals surface area contributed by atoms with Gasteiger partial charge in [0.25, 0.3) is 11.5 Å². The lowest BCUT2D eigenvalue weighted by Gasteiger charge is -2.08. The Morgan fingerprint density at radius 1 is 1.21 bits per heavy atom. The van der Waals surface area contributed by atoms with Gasteiger partial charge in [-0.3, -0.25) is 9.59 Å². The number of rotatable bonds is 6. The van der Waals surface area contributed by atoms with Gasteiger partial charge in [-0.25, -0.2) is 19.0 Å². The van der Waals surface area contributed by atoms with E-state index in [1.165, 1.54) is 28.1 Å². The van der Waals surface area contributed by atoms with Crippen molar-refractivity contribution in [1.82, 2.24) is 39.6 Å². The molecule has 0 radical (unpaired) electrons. The van der Waals surface area contributed by atoms with Crippen molar-refractivity contribution in [3.05, 3.63) is 58.9 Å². The van der Waals surface area contributed by atoms with E-state index in [0.717, 1.165) is 5.39 Å². The summed E-state index contributed by atoms with van der Waals surface area (Å²) in [4.78, 5) is 28.3. The molecule has 0 saturated carbocycles. The summed E-state index contributed by atoms with van der Waals surface area (Å²) in [6.45, 7) is 0.447. The van der Waals surface area contributed by atoms with E-state index < -0.39 is 0 Å². The number of nitrogens with one attached hydrogen (secondary N) is 1. The number of hydrogen-bond acceptors (Lipinski definition) is 7. The van der Waals surface area contributed by atoms with E-state index in [1.54, 1.807) is 43.1 Å². The smallest absolute Gasteiger partial charge is 0.266 e. The number of amides is 1. The molecule has 1 N–H and O–H groups in total. The molecule has 1 amide bonds. The van der Waals surface area contributed by atoms with Crippen molar-refractivity contribution in [2.24, 2.45) is 7.05 Å². The van der Waals surface area contributed by atoms with Crippen LogP contribution in [0, 0.1) is 0 Å². The fourth-order valence-electron chi connectivity index (χ4n) is 2.98. The number of hydrogen-bond donors (Lipinski definition) is 1. The number of methoxy groups -OCH3 is 1. The average Bonchev–Trinajstić information content (AvgIpc) is 3.35. The molecule has 11 heteroatoms. The second-order valence-corrected chi connectivity index (χ2v) is 6.21. The van der Waals surface area contributed by atoms with Crippen LogP contribution in [0.15, 0.2) is 47.8 Å². The first-order chi connectivity index (χ1) is 14.1. The normalized spacial score (nSPS) is 11.0. The average molecular weight is 394 g/mol. The number of aryl methyl sites for hydroxylation is 1. The van der Waals surface area contributed by atoms with Gasteiger partial charge in [-0.15, -0.1) is 5.10 Å². The molecular formula is C18H18N8O3. The summed E-state index contributed by atoms with van der Waals surface area (Å²) in [5.74, 6) is 0.824. The number of ether oxygens (including phenoxy) is 1. The lowest BCUT2D eigenvalue weighted by atomic mass is 10.1. The van der Waals surface area contributed by atoms with Gasteiger partial charge in [-0.05, 0) is 24.3 Å². The fraction of sp³-hybridized carbons (Fsp3) is 0.222. The molecule has 0 aliphatic carbocycles. The first-order valence-electron chi connectivity index (χ1n) is 8.79. The highest BCUT2D eigenvalue weighted by Crippen LogP contribution is 2.25. The van der Waals surface area contributed by atoms with Crippen LogP contribution < -0.4 is 15.6 Å². The third-order valence-corrected chi connectivity index (χ3v) is 4.35. The van der Waals surface area contributed by atoms with Crippen molar-refractivity contribution < 1.29 is 9.53 Å². The maximum absolute atomic E-state index is 12.5. The highest BCUT2D eigenvalue weighted by Gasteiger charge is 2.13. The summed E-state index contributed by atoms with van der Waals surface area (Å²) in [5.41, 5.74) is 0.857. The van der Waals surface area contributed by atoms with Crippen LogP contribution >= 0.6 is 0 Å². The monoisotopic (exact) mass is 394 g/mol. The van der Waals surface area contributed by atoms with Crippen molar-refractivity contribution in [2.45, 2.75) is 6.54 Å². The Morgan fingerprint density at radius 3 is 2.83 bits per heavy atom. The molecule has 148 valence electrons. The zero-order chi connectivity index (χ0) is 20.4. The highest BCUT2D eigenvalue weighted by molar-refractivity contribution is 5.98. The van der Waals surface area contributed by atoms with Crippen molar-refractivity contribution in [3.8, 4) is 11.7 Å². The van der Waals surface area contributed by atoms with E-state index >= 15 is 0 Å². The topological polar surface area (TPSA) is 122 Å². The van der Waals surface area contributed by atoms with Crippen LogP contribution in [0.25, 0.3) is 16.7 Å². The van der Waals surface area contributed by atoms with Gasteiger partial charge in [0.05, 0.1) is 24.6 Å². The highest BCUT2D eigenvalue weighted by atomic mass is 16.5. The molecule has 0 bridgehead atoms. The number of carbonyl (C=O) groups is 1. The second kappa shape index (κ2) is 7.54. The molecular weight excluding hydrogens is 376 g/mol. The van der Waals surface area contributed by atoms with Crippen LogP contribution in [0.4, 0.5) is 0 Å². The van der Waals surface area contributed by atoms with Gasteiger partial charge < -0.3 is 10.1 Å². The summed E-state index contributed by atoms with van der Waals surface area (Å²) in [6, 6.07) is 8.15. The predicted octanol–water partition coefficient (Wildman–Crippen LogP) is 0.149. The number of benzene rings is 1. The van der Waals surface area contributed by atoms with E-state index in [0.29, 0.717) is 22.8 Å². The van der Waals surface area contributed by atoms with Gasteiger partial charge in [-0.1, -0.05) is 0 Å². The molecule has 0 spiro atoms. The zero-order valence-corrected chi connectivity index (χ0v) is 15.8. The van der Waals surface area contributed by atoms with Crippen molar-refractivity contribution in [2.75, 3.05) is 13.7 Å². The Morgan fingerprint density at radius 2 is 2.07 bits per heavy atom. The van der Waals surface area contributed by atoms with Crippen LogP contribution in [-0.2, 0) is 13.6 Å². The second-order valence-electron chi connectivity index (χ2n) is 6.21.